The van der Waals surface area contributed by atoms with Crippen molar-refractivity contribution in [2.75, 3.05) is 20.8 Å². The third-order valence-corrected chi connectivity index (χ3v) is 6.27. The van der Waals surface area contributed by atoms with E-state index in [2.05, 4.69) is 0 Å². The van der Waals surface area contributed by atoms with Gasteiger partial charge in [-0.15, -0.1) is 0 Å². The maximum Gasteiger partial charge on any atom is 0.295 e. The average Bonchev–Trinajstić information content (AvgIpc) is 3.14. The SMILES string of the molecule is CCOc1ccc(C2/C(=C(/O)c3ccc(OC)cc3C)C(=O)C(=O)N2Cc2ccccc2OC)cc1. The minimum atomic E-state index is -0.799. The number of ether oxygens (including phenoxy) is 3. The Kier molecular flexibility index (Phi) is 7.29. The average molecular weight is 488 g/mol. The Morgan fingerprint density at radius 2 is 1.64 bits per heavy atom. The molecule has 1 fully saturated rings. The number of Topliss-reactive ketones (excluding diaryl/α,β-unsaturated/α-hetero) is 1. The number of ketones is 1. The number of nitrogens with zero attached hydrogens (tertiary/aromatic N) is 1. The zero-order chi connectivity index (χ0) is 25.8. The summed E-state index contributed by atoms with van der Waals surface area (Å²) in [6.07, 6.45) is 0. The summed E-state index contributed by atoms with van der Waals surface area (Å²) >= 11 is 0. The fourth-order valence-corrected chi connectivity index (χ4v) is 4.49. The Morgan fingerprint density at radius 1 is 0.944 bits per heavy atom. The lowest BCUT2D eigenvalue weighted by atomic mass is 9.93. The minimum Gasteiger partial charge on any atom is -0.507 e. The van der Waals surface area contributed by atoms with E-state index in [4.69, 9.17) is 14.2 Å². The summed E-state index contributed by atoms with van der Waals surface area (Å²) in [5.41, 5.74) is 2.64. The summed E-state index contributed by atoms with van der Waals surface area (Å²) in [5.74, 6) is 0.257. The lowest BCUT2D eigenvalue weighted by Crippen LogP contribution is -2.29. The fraction of sp³-hybridized carbons (Fsp3) is 0.241. The van der Waals surface area contributed by atoms with Crippen LogP contribution >= 0.6 is 0 Å². The van der Waals surface area contributed by atoms with Crippen molar-refractivity contribution < 1.29 is 28.9 Å². The molecule has 0 radical (unpaired) electrons. The van der Waals surface area contributed by atoms with Gasteiger partial charge in [-0.2, -0.15) is 0 Å². The van der Waals surface area contributed by atoms with Gasteiger partial charge in [0.25, 0.3) is 11.7 Å². The van der Waals surface area contributed by atoms with E-state index in [9.17, 15) is 14.7 Å². The molecule has 0 aliphatic carbocycles. The van der Waals surface area contributed by atoms with Gasteiger partial charge >= 0.3 is 0 Å². The monoisotopic (exact) mass is 487 g/mol. The van der Waals surface area contributed by atoms with Gasteiger partial charge in [-0.3, -0.25) is 9.59 Å². The first-order valence-electron chi connectivity index (χ1n) is 11.7. The zero-order valence-corrected chi connectivity index (χ0v) is 20.8. The molecule has 7 heteroatoms. The summed E-state index contributed by atoms with van der Waals surface area (Å²) in [6.45, 7) is 4.36. The molecule has 1 aliphatic rings. The third-order valence-electron chi connectivity index (χ3n) is 6.27. The lowest BCUT2D eigenvalue weighted by Gasteiger charge is -2.26. The smallest absolute Gasteiger partial charge is 0.295 e. The maximum absolute atomic E-state index is 13.4. The first-order valence-corrected chi connectivity index (χ1v) is 11.7. The van der Waals surface area contributed by atoms with E-state index in [1.807, 2.05) is 44.2 Å². The molecule has 7 nitrogen and oxygen atoms in total. The molecule has 186 valence electrons. The first-order chi connectivity index (χ1) is 17.4. The Labute approximate surface area is 210 Å². The number of hydrogen-bond acceptors (Lipinski definition) is 6. The van der Waals surface area contributed by atoms with Crippen LogP contribution in [0.25, 0.3) is 5.76 Å². The molecule has 1 amide bonds. The number of carbonyl (C=O) groups excluding carboxylic acids is 2. The second kappa shape index (κ2) is 10.6. The van der Waals surface area contributed by atoms with Crippen LogP contribution in [0.2, 0.25) is 0 Å². The molecule has 36 heavy (non-hydrogen) atoms. The molecule has 1 saturated heterocycles. The number of hydrogen-bond donors (Lipinski definition) is 1. The first kappa shape index (κ1) is 24.9. The highest BCUT2D eigenvalue weighted by molar-refractivity contribution is 6.46. The molecule has 0 saturated carbocycles. The number of aryl methyl sites for hydroxylation is 1. The number of aliphatic hydroxyl groups is 1. The minimum absolute atomic E-state index is 0.0346. The topological polar surface area (TPSA) is 85.3 Å². The Hall–Kier alpha value is -4.26. The summed E-state index contributed by atoms with van der Waals surface area (Å²) in [6, 6.07) is 18.9. The molecule has 4 rings (SSSR count). The second-order valence-electron chi connectivity index (χ2n) is 8.42. The number of amides is 1. The molecule has 1 N–H and O–H groups in total. The summed E-state index contributed by atoms with van der Waals surface area (Å²) in [7, 11) is 3.12. The summed E-state index contributed by atoms with van der Waals surface area (Å²) in [4.78, 5) is 28.2. The summed E-state index contributed by atoms with van der Waals surface area (Å²) in [5, 5.41) is 11.4. The predicted octanol–water partition coefficient (Wildman–Crippen LogP) is 5.03. The molecule has 0 bridgehead atoms. The Morgan fingerprint density at radius 3 is 2.28 bits per heavy atom. The highest BCUT2D eigenvalue weighted by Crippen LogP contribution is 2.42. The Balaban J connectivity index is 1.86. The van der Waals surface area contributed by atoms with Gasteiger partial charge in [0.1, 0.15) is 23.0 Å². The predicted molar refractivity (Wildman–Crippen MR) is 136 cm³/mol. The van der Waals surface area contributed by atoms with Crippen LogP contribution in [0, 0.1) is 6.92 Å². The number of carbonyl (C=O) groups is 2. The van der Waals surface area contributed by atoms with Gasteiger partial charge in [0, 0.05) is 11.1 Å². The molecule has 1 atom stereocenters. The van der Waals surface area contributed by atoms with Crippen LogP contribution < -0.4 is 14.2 Å². The van der Waals surface area contributed by atoms with Crippen LogP contribution in [0.4, 0.5) is 0 Å². The highest BCUT2D eigenvalue weighted by atomic mass is 16.5. The second-order valence-corrected chi connectivity index (χ2v) is 8.42. The third kappa shape index (κ3) is 4.64. The van der Waals surface area contributed by atoms with Crippen LogP contribution in [-0.2, 0) is 16.1 Å². The molecule has 0 aromatic heterocycles. The highest BCUT2D eigenvalue weighted by Gasteiger charge is 2.46. The van der Waals surface area contributed by atoms with Crippen LogP contribution in [0.1, 0.15) is 35.2 Å². The number of para-hydroxylation sites is 1. The van der Waals surface area contributed by atoms with Gasteiger partial charge in [-0.25, -0.2) is 0 Å². The van der Waals surface area contributed by atoms with Crippen molar-refractivity contribution in [3.63, 3.8) is 0 Å². The van der Waals surface area contributed by atoms with Gasteiger partial charge in [-0.1, -0.05) is 30.3 Å². The standard InChI is InChI=1S/C29H29NO6/c1-5-36-21-12-10-19(11-13-21)26-25(27(31)23-15-14-22(34-3)16-18(23)2)28(32)29(33)30(26)17-20-8-6-7-9-24(20)35-4/h6-16,26,31H,5,17H2,1-4H3/b27-25-. The molecule has 3 aromatic carbocycles. The van der Waals surface area contributed by atoms with Crippen molar-refractivity contribution in [3.8, 4) is 17.2 Å². The number of aliphatic hydroxyl groups excluding tert-OH is 1. The Bertz CT molecular complexity index is 1310. The summed E-state index contributed by atoms with van der Waals surface area (Å²) < 4.78 is 16.3. The van der Waals surface area contributed by atoms with Crippen molar-refractivity contribution in [2.24, 2.45) is 0 Å². The zero-order valence-electron chi connectivity index (χ0n) is 20.8. The van der Waals surface area contributed by atoms with Gasteiger partial charge in [-0.05, 0) is 61.4 Å². The van der Waals surface area contributed by atoms with Crippen molar-refractivity contribution in [1.29, 1.82) is 0 Å². The van der Waals surface area contributed by atoms with Crippen LogP contribution in [0.15, 0.2) is 72.3 Å². The van der Waals surface area contributed by atoms with Gasteiger partial charge in [0.05, 0.1) is 39.0 Å². The van der Waals surface area contributed by atoms with Crippen molar-refractivity contribution >= 4 is 17.4 Å². The van der Waals surface area contributed by atoms with Gasteiger partial charge in [0.15, 0.2) is 0 Å². The van der Waals surface area contributed by atoms with E-state index in [0.29, 0.717) is 40.5 Å². The maximum atomic E-state index is 13.4. The van der Waals surface area contributed by atoms with E-state index in [-0.39, 0.29) is 17.9 Å². The normalized spacial score (nSPS) is 16.8. The number of likely N-dealkylation sites (tertiary alicyclic amines) is 1. The van der Waals surface area contributed by atoms with E-state index in [1.54, 1.807) is 50.6 Å². The molecule has 1 heterocycles. The lowest BCUT2D eigenvalue weighted by molar-refractivity contribution is -0.140. The molecule has 1 unspecified atom stereocenters. The molecular formula is C29H29NO6. The molecule has 0 spiro atoms. The number of methoxy groups -OCH3 is 2. The van der Waals surface area contributed by atoms with Gasteiger partial charge in [0.2, 0.25) is 0 Å². The van der Waals surface area contributed by atoms with E-state index < -0.39 is 17.7 Å². The van der Waals surface area contributed by atoms with Crippen molar-refractivity contribution in [1.82, 2.24) is 4.90 Å². The molecule has 1 aliphatic heterocycles. The van der Waals surface area contributed by atoms with E-state index >= 15 is 0 Å². The largest absolute Gasteiger partial charge is 0.507 e. The van der Waals surface area contributed by atoms with Crippen molar-refractivity contribution in [2.45, 2.75) is 26.4 Å². The van der Waals surface area contributed by atoms with Crippen molar-refractivity contribution in [3.05, 3.63) is 94.6 Å². The number of rotatable bonds is 8. The van der Waals surface area contributed by atoms with E-state index in [1.165, 1.54) is 4.90 Å². The molecular weight excluding hydrogens is 458 g/mol. The van der Waals surface area contributed by atoms with Crippen LogP contribution in [-0.4, -0.2) is 42.5 Å². The quantitative estimate of drug-likeness (QED) is 0.272. The van der Waals surface area contributed by atoms with Crippen LogP contribution in [0.5, 0.6) is 17.2 Å². The van der Waals surface area contributed by atoms with Crippen LogP contribution in [0.3, 0.4) is 0 Å². The number of benzene rings is 3. The van der Waals surface area contributed by atoms with Gasteiger partial charge < -0.3 is 24.2 Å². The molecule has 3 aromatic rings. The van der Waals surface area contributed by atoms with E-state index in [0.717, 1.165) is 5.56 Å². The fourth-order valence-electron chi connectivity index (χ4n) is 4.49.